The zero-order chi connectivity index (χ0) is 23.3. The minimum absolute atomic E-state index is 0.0425. The van der Waals surface area contributed by atoms with Crippen molar-refractivity contribution < 1.29 is 32.3 Å². The van der Waals surface area contributed by atoms with Crippen LogP contribution in [-0.4, -0.2) is 67.0 Å². The average molecular weight is 483 g/mol. The molecule has 3 rings (SSSR count). The Kier molecular flexibility index (Phi) is 7.53. The van der Waals surface area contributed by atoms with Crippen molar-refractivity contribution >= 4 is 44.4 Å². The molecule has 1 aromatic carbocycles. The third kappa shape index (κ3) is 4.95. The number of benzene rings is 1. The molecule has 1 aliphatic rings. The Morgan fingerprint density at radius 3 is 2.53 bits per heavy atom. The summed E-state index contributed by atoms with van der Waals surface area (Å²) >= 11 is 0.861. The highest BCUT2D eigenvalue weighted by Gasteiger charge is 2.35. The van der Waals surface area contributed by atoms with Crippen molar-refractivity contribution in [2.45, 2.75) is 24.7 Å². The lowest BCUT2D eigenvalue weighted by molar-refractivity contribution is -0.120. The Morgan fingerprint density at radius 2 is 1.88 bits per heavy atom. The molecule has 1 aliphatic heterocycles. The van der Waals surface area contributed by atoms with E-state index in [0.29, 0.717) is 0 Å². The predicted molar refractivity (Wildman–Crippen MR) is 114 cm³/mol. The van der Waals surface area contributed by atoms with E-state index in [4.69, 9.17) is 4.74 Å². The van der Waals surface area contributed by atoms with Crippen LogP contribution < -0.4 is 5.32 Å². The largest absolute Gasteiger partial charge is 0.465 e. The van der Waals surface area contributed by atoms with Crippen LogP contribution in [0.25, 0.3) is 0 Å². The molecular formula is C19H22N4O7S2. The van der Waals surface area contributed by atoms with Gasteiger partial charge in [0, 0.05) is 30.5 Å². The smallest absolute Gasteiger partial charge is 0.362 e. The summed E-state index contributed by atoms with van der Waals surface area (Å²) in [7, 11) is -2.77. The molecule has 1 aromatic heterocycles. The van der Waals surface area contributed by atoms with Crippen LogP contribution in [0.3, 0.4) is 0 Å². The lowest BCUT2D eigenvalue weighted by atomic mass is 9.97. The monoisotopic (exact) mass is 482 g/mol. The molecule has 1 fully saturated rings. The number of nitrogens with zero attached hydrogens (tertiary/aromatic N) is 3. The van der Waals surface area contributed by atoms with E-state index >= 15 is 0 Å². The number of esters is 2. The van der Waals surface area contributed by atoms with Crippen molar-refractivity contribution in [1.82, 2.24) is 13.9 Å². The second-order valence-corrected chi connectivity index (χ2v) is 9.49. The molecule has 172 valence electrons. The number of ether oxygens (including phenoxy) is 2. The number of methoxy groups -OCH3 is 1. The Labute approximate surface area is 188 Å². The van der Waals surface area contributed by atoms with Gasteiger partial charge in [0.15, 0.2) is 5.00 Å². The standard InChI is InChI=1S/C19H22N4O7S2/c1-3-30-19(26)15-17(31-22-21-15)20-16(24)12-8-10-23(11-9-12)32(27,28)14-7-5-4-6-13(14)18(25)29-2/h4-7,12H,3,8-11H2,1-2H3,(H,20,24). The van der Waals surface area contributed by atoms with Crippen molar-refractivity contribution in [1.29, 1.82) is 0 Å². The van der Waals surface area contributed by atoms with E-state index in [-0.39, 0.29) is 59.6 Å². The molecule has 2 heterocycles. The number of hydrogen-bond donors (Lipinski definition) is 1. The van der Waals surface area contributed by atoms with Crippen molar-refractivity contribution in [2.75, 3.05) is 32.1 Å². The first-order valence-electron chi connectivity index (χ1n) is 9.77. The summed E-state index contributed by atoms with van der Waals surface area (Å²) in [5.41, 5.74) is -0.108. The molecule has 1 N–H and O–H groups in total. The zero-order valence-electron chi connectivity index (χ0n) is 17.4. The molecule has 0 aliphatic carbocycles. The molecule has 0 bridgehead atoms. The number of amides is 1. The molecule has 2 aromatic rings. The first-order chi connectivity index (χ1) is 15.3. The number of hydrogen-bond acceptors (Lipinski definition) is 10. The summed E-state index contributed by atoms with van der Waals surface area (Å²) in [4.78, 5) is 36.4. The second kappa shape index (κ2) is 10.1. The highest BCUT2D eigenvalue weighted by molar-refractivity contribution is 7.89. The number of carbonyl (C=O) groups is 3. The molecule has 0 unspecified atom stereocenters. The maximum absolute atomic E-state index is 13.1. The summed E-state index contributed by atoms with van der Waals surface area (Å²) < 4.78 is 40.7. The number of sulfonamides is 1. The molecule has 1 amide bonds. The third-order valence-corrected chi connectivity index (χ3v) is 7.53. The SMILES string of the molecule is CCOC(=O)c1nnsc1NC(=O)C1CCN(S(=O)(=O)c2ccccc2C(=O)OC)CC1. The van der Waals surface area contributed by atoms with E-state index in [1.54, 1.807) is 13.0 Å². The van der Waals surface area contributed by atoms with Gasteiger partial charge >= 0.3 is 11.9 Å². The van der Waals surface area contributed by atoms with E-state index in [2.05, 4.69) is 19.6 Å². The van der Waals surface area contributed by atoms with Crippen LogP contribution in [-0.2, 0) is 24.3 Å². The molecule has 0 saturated carbocycles. The van der Waals surface area contributed by atoms with Gasteiger partial charge in [0.25, 0.3) is 0 Å². The fourth-order valence-electron chi connectivity index (χ4n) is 3.29. The molecule has 32 heavy (non-hydrogen) atoms. The number of carbonyl (C=O) groups excluding carboxylic acids is 3. The first kappa shape index (κ1) is 23.8. The summed E-state index contributed by atoms with van der Waals surface area (Å²) in [6, 6.07) is 5.83. The molecule has 11 nitrogen and oxygen atoms in total. The Bertz CT molecular complexity index is 1110. The van der Waals surface area contributed by atoms with Crippen molar-refractivity contribution in [3.05, 3.63) is 35.5 Å². The highest BCUT2D eigenvalue weighted by atomic mass is 32.2. The van der Waals surface area contributed by atoms with E-state index in [0.717, 1.165) is 11.5 Å². The van der Waals surface area contributed by atoms with E-state index < -0.39 is 27.9 Å². The zero-order valence-corrected chi connectivity index (χ0v) is 19.1. The van der Waals surface area contributed by atoms with Crippen molar-refractivity contribution in [3.8, 4) is 0 Å². The molecular weight excluding hydrogens is 460 g/mol. The normalized spacial score (nSPS) is 15.2. The Morgan fingerprint density at radius 1 is 1.19 bits per heavy atom. The Hall–Kier alpha value is -2.90. The number of nitrogens with one attached hydrogen (secondary N) is 1. The van der Waals surface area contributed by atoms with Crippen LogP contribution in [0.4, 0.5) is 5.00 Å². The van der Waals surface area contributed by atoms with Gasteiger partial charge in [-0.25, -0.2) is 18.0 Å². The number of aromatic nitrogens is 2. The lowest BCUT2D eigenvalue weighted by Crippen LogP contribution is -2.41. The maximum Gasteiger partial charge on any atom is 0.362 e. The summed E-state index contributed by atoms with van der Waals surface area (Å²) in [5, 5.41) is 6.53. The summed E-state index contributed by atoms with van der Waals surface area (Å²) in [6.07, 6.45) is 0.541. The van der Waals surface area contributed by atoms with E-state index in [1.165, 1.54) is 29.6 Å². The van der Waals surface area contributed by atoms with Crippen molar-refractivity contribution in [3.63, 3.8) is 0 Å². The van der Waals surface area contributed by atoms with Gasteiger partial charge in [0.2, 0.25) is 21.6 Å². The van der Waals surface area contributed by atoms with Gasteiger partial charge in [-0.05, 0) is 31.9 Å². The van der Waals surface area contributed by atoms with Gasteiger partial charge in [0.1, 0.15) is 0 Å². The van der Waals surface area contributed by atoms with Gasteiger partial charge in [-0.2, -0.15) is 4.31 Å². The molecule has 0 radical (unpaired) electrons. The number of piperidine rings is 1. The maximum atomic E-state index is 13.1. The average Bonchev–Trinajstić information content (AvgIpc) is 3.27. The van der Waals surface area contributed by atoms with Crippen LogP contribution >= 0.6 is 11.5 Å². The fraction of sp³-hybridized carbons (Fsp3) is 0.421. The van der Waals surface area contributed by atoms with Gasteiger partial charge < -0.3 is 14.8 Å². The minimum Gasteiger partial charge on any atom is -0.465 e. The van der Waals surface area contributed by atoms with Gasteiger partial charge in [-0.15, -0.1) is 5.10 Å². The van der Waals surface area contributed by atoms with Gasteiger partial charge in [-0.3, -0.25) is 4.79 Å². The molecule has 1 saturated heterocycles. The first-order valence-corrected chi connectivity index (χ1v) is 12.0. The summed E-state index contributed by atoms with van der Waals surface area (Å²) in [5.74, 6) is -2.24. The predicted octanol–water partition coefficient (Wildman–Crippen LogP) is 1.54. The van der Waals surface area contributed by atoms with Crippen LogP contribution in [0.15, 0.2) is 29.2 Å². The number of rotatable bonds is 7. The van der Waals surface area contributed by atoms with Gasteiger partial charge in [0.05, 0.1) is 24.2 Å². The highest BCUT2D eigenvalue weighted by Crippen LogP contribution is 2.28. The van der Waals surface area contributed by atoms with Gasteiger partial charge in [-0.1, -0.05) is 16.6 Å². The Balaban J connectivity index is 1.67. The topological polar surface area (TPSA) is 145 Å². The lowest BCUT2D eigenvalue weighted by Gasteiger charge is -2.30. The van der Waals surface area contributed by atoms with E-state index in [9.17, 15) is 22.8 Å². The second-order valence-electron chi connectivity index (χ2n) is 6.83. The quantitative estimate of drug-likeness (QED) is 0.581. The molecule has 13 heteroatoms. The summed E-state index contributed by atoms with van der Waals surface area (Å²) in [6.45, 7) is 2.01. The third-order valence-electron chi connectivity index (χ3n) is 4.93. The number of anilines is 1. The van der Waals surface area contributed by atoms with Crippen LogP contribution in [0.1, 0.15) is 40.6 Å². The van der Waals surface area contributed by atoms with Crippen molar-refractivity contribution in [2.24, 2.45) is 5.92 Å². The van der Waals surface area contributed by atoms with Crippen LogP contribution in [0.5, 0.6) is 0 Å². The fourth-order valence-corrected chi connectivity index (χ4v) is 5.50. The molecule has 0 spiro atoms. The van der Waals surface area contributed by atoms with Crippen LogP contribution in [0, 0.1) is 5.92 Å². The van der Waals surface area contributed by atoms with Crippen LogP contribution in [0.2, 0.25) is 0 Å². The minimum atomic E-state index is -3.95. The molecule has 0 atom stereocenters. The van der Waals surface area contributed by atoms with E-state index in [1.807, 2.05) is 0 Å².